The van der Waals surface area contributed by atoms with Gasteiger partial charge in [0, 0.05) is 6.42 Å². The molecule has 9 heavy (non-hydrogen) atoms. The lowest BCUT2D eigenvalue weighted by Crippen LogP contribution is -1.92. The summed E-state index contributed by atoms with van der Waals surface area (Å²) < 4.78 is 0. The predicted octanol–water partition coefficient (Wildman–Crippen LogP) is 2.15. The Morgan fingerprint density at radius 1 is 1.67 bits per heavy atom. The highest BCUT2D eigenvalue weighted by molar-refractivity contribution is 9.11. The van der Waals surface area contributed by atoms with Crippen LogP contribution in [0, 0.1) is 0 Å². The molecule has 0 fully saturated rings. The molecule has 0 radical (unpaired) electrons. The molecule has 3 heteroatoms. The molecule has 0 aromatic carbocycles. The third-order valence-electron chi connectivity index (χ3n) is 0.851. The number of allylic oxidation sites excluding steroid dienone is 1. The number of halogens is 1. The summed E-state index contributed by atoms with van der Waals surface area (Å²) in [5, 5.41) is 8.18. The van der Waals surface area contributed by atoms with Crippen molar-refractivity contribution in [1.82, 2.24) is 0 Å². The van der Waals surface area contributed by atoms with Gasteiger partial charge in [-0.05, 0) is 17.8 Å². The van der Waals surface area contributed by atoms with Crippen molar-refractivity contribution < 1.29 is 9.90 Å². The Labute approximate surface area is 62.7 Å². The summed E-state index contributed by atoms with van der Waals surface area (Å²) in [7, 11) is 0. The van der Waals surface area contributed by atoms with E-state index in [1.807, 2.05) is 6.08 Å². The molecular formula is C6H9BrO2. The van der Waals surface area contributed by atoms with E-state index in [9.17, 15) is 4.79 Å². The van der Waals surface area contributed by atoms with Crippen molar-refractivity contribution in [2.75, 3.05) is 0 Å². The van der Waals surface area contributed by atoms with Crippen molar-refractivity contribution in [2.45, 2.75) is 19.3 Å². The second kappa shape index (κ2) is 5.82. The lowest BCUT2D eigenvalue weighted by Gasteiger charge is -1.87. The van der Waals surface area contributed by atoms with E-state index in [2.05, 4.69) is 15.9 Å². The van der Waals surface area contributed by atoms with E-state index in [0.717, 1.165) is 12.8 Å². The molecule has 0 bridgehead atoms. The molecule has 0 spiro atoms. The van der Waals surface area contributed by atoms with Crippen molar-refractivity contribution in [2.24, 2.45) is 0 Å². The fourth-order valence-electron chi connectivity index (χ4n) is 0.434. The molecule has 52 valence electrons. The number of carboxylic acids is 1. The van der Waals surface area contributed by atoms with Crippen LogP contribution in [0.25, 0.3) is 0 Å². The van der Waals surface area contributed by atoms with Gasteiger partial charge in [0.15, 0.2) is 0 Å². The molecular weight excluding hydrogens is 184 g/mol. The first-order valence-electron chi connectivity index (χ1n) is 2.74. The molecule has 0 rings (SSSR count). The minimum absolute atomic E-state index is 0.261. The molecule has 0 aliphatic rings. The second-order valence-electron chi connectivity index (χ2n) is 1.65. The van der Waals surface area contributed by atoms with Crippen molar-refractivity contribution >= 4 is 21.9 Å². The summed E-state index contributed by atoms with van der Waals surface area (Å²) in [5.41, 5.74) is 0. The van der Waals surface area contributed by atoms with Crippen LogP contribution >= 0.6 is 15.9 Å². The van der Waals surface area contributed by atoms with Gasteiger partial charge in [-0.25, -0.2) is 0 Å². The van der Waals surface area contributed by atoms with Gasteiger partial charge in [0.1, 0.15) is 0 Å². The first-order valence-corrected chi connectivity index (χ1v) is 3.66. The molecule has 0 saturated carbocycles. The quantitative estimate of drug-likeness (QED) is 0.694. The van der Waals surface area contributed by atoms with Crippen molar-refractivity contribution in [1.29, 1.82) is 0 Å². The Hall–Kier alpha value is -0.310. The predicted molar refractivity (Wildman–Crippen MR) is 39.6 cm³/mol. The Kier molecular flexibility index (Phi) is 5.62. The number of carbonyl (C=O) groups is 1. The molecule has 0 unspecified atom stereocenters. The number of rotatable bonds is 4. The number of hydrogen-bond donors (Lipinski definition) is 1. The van der Waals surface area contributed by atoms with Crippen molar-refractivity contribution in [3.8, 4) is 0 Å². The number of hydrogen-bond acceptors (Lipinski definition) is 1. The first kappa shape index (κ1) is 8.69. The summed E-state index contributed by atoms with van der Waals surface area (Å²) >= 11 is 3.09. The average molecular weight is 193 g/mol. The Morgan fingerprint density at radius 2 is 2.33 bits per heavy atom. The maximum Gasteiger partial charge on any atom is 0.303 e. The van der Waals surface area contributed by atoms with Crippen LogP contribution in [0.4, 0.5) is 0 Å². The molecule has 2 nitrogen and oxygen atoms in total. The Balaban J connectivity index is 3.01. The fourth-order valence-corrected chi connectivity index (χ4v) is 0.698. The standard InChI is InChI=1S/C6H9BrO2/c7-5-3-1-2-4-6(8)9/h3,5H,1-2,4H2,(H,8,9)/b5-3+. The van der Waals surface area contributed by atoms with Gasteiger partial charge in [-0.2, -0.15) is 0 Å². The third-order valence-corrected chi connectivity index (χ3v) is 1.22. The largest absolute Gasteiger partial charge is 0.481 e. The molecule has 0 aliphatic carbocycles. The molecule has 0 aliphatic heterocycles. The third kappa shape index (κ3) is 7.69. The molecule has 0 heterocycles. The van der Waals surface area contributed by atoms with Crippen molar-refractivity contribution in [3.05, 3.63) is 11.1 Å². The van der Waals surface area contributed by atoms with Gasteiger partial charge in [-0.1, -0.05) is 22.0 Å². The van der Waals surface area contributed by atoms with Crippen LogP contribution < -0.4 is 0 Å². The van der Waals surface area contributed by atoms with Crippen LogP contribution in [0.5, 0.6) is 0 Å². The summed E-state index contributed by atoms with van der Waals surface area (Å²) in [6.45, 7) is 0. The monoisotopic (exact) mass is 192 g/mol. The zero-order chi connectivity index (χ0) is 7.11. The van der Waals surface area contributed by atoms with Gasteiger partial charge in [0.05, 0.1) is 0 Å². The van der Waals surface area contributed by atoms with E-state index in [-0.39, 0.29) is 6.42 Å². The Morgan fingerprint density at radius 3 is 2.78 bits per heavy atom. The number of aliphatic carboxylic acids is 1. The van der Waals surface area contributed by atoms with Gasteiger partial charge in [-0.3, -0.25) is 4.79 Å². The maximum atomic E-state index is 9.93. The maximum absolute atomic E-state index is 9.93. The molecule has 0 aromatic heterocycles. The SMILES string of the molecule is O=C(O)CCC/C=C/Br. The van der Waals surface area contributed by atoms with Gasteiger partial charge in [0.2, 0.25) is 0 Å². The van der Waals surface area contributed by atoms with Crippen LogP contribution in [0.2, 0.25) is 0 Å². The minimum Gasteiger partial charge on any atom is -0.481 e. The zero-order valence-electron chi connectivity index (χ0n) is 5.01. The lowest BCUT2D eigenvalue weighted by molar-refractivity contribution is -0.137. The van der Waals surface area contributed by atoms with Gasteiger partial charge >= 0.3 is 5.97 Å². The normalized spacial score (nSPS) is 10.3. The van der Waals surface area contributed by atoms with E-state index < -0.39 is 5.97 Å². The lowest BCUT2D eigenvalue weighted by atomic mass is 10.2. The average Bonchev–Trinajstić information content (AvgIpc) is 1.80. The molecule has 0 saturated heterocycles. The Bertz CT molecular complexity index is 110. The van der Waals surface area contributed by atoms with Crippen LogP contribution in [0.1, 0.15) is 19.3 Å². The molecule has 0 aromatic rings. The van der Waals surface area contributed by atoms with E-state index >= 15 is 0 Å². The van der Waals surface area contributed by atoms with Crippen LogP contribution in [-0.4, -0.2) is 11.1 Å². The van der Waals surface area contributed by atoms with Crippen molar-refractivity contribution in [3.63, 3.8) is 0 Å². The number of unbranched alkanes of at least 4 members (excludes halogenated alkanes) is 1. The van der Waals surface area contributed by atoms with E-state index in [4.69, 9.17) is 5.11 Å². The van der Waals surface area contributed by atoms with Gasteiger partial charge in [0.25, 0.3) is 0 Å². The summed E-state index contributed by atoms with van der Waals surface area (Å²) in [5.74, 6) is -0.724. The van der Waals surface area contributed by atoms with Gasteiger partial charge in [-0.15, -0.1) is 0 Å². The highest BCUT2D eigenvalue weighted by atomic mass is 79.9. The van der Waals surface area contributed by atoms with E-state index in [0.29, 0.717) is 0 Å². The topological polar surface area (TPSA) is 37.3 Å². The first-order chi connectivity index (χ1) is 4.27. The number of carboxylic acid groups (broad SMARTS) is 1. The van der Waals surface area contributed by atoms with E-state index in [1.54, 1.807) is 4.99 Å². The minimum atomic E-state index is -0.724. The smallest absolute Gasteiger partial charge is 0.303 e. The summed E-state index contributed by atoms with van der Waals surface area (Å²) in [6.07, 6.45) is 3.70. The van der Waals surface area contributed by atoms with Crippen LogP contribution in [-0.2, 0) is 4.79 Å². The molecule has 0 atom stereocenters. The van der Waals surface area contributed by atoms with Crippen LogP contribution in [0.15, 0.2) is 11.1 Å². The van der Waals surface area contributed by atoms with E-state index in [1.165, 1.54) is 0 Å². The summed E-state index contributed by atoms with van der Waals surface area (Å²) in [4.78, 5) is 11.7. The van der Waals surface area contributed by atoms with Crippen LogP contribution in [0.3, 0.4) is 0 Å². The second-order valence-corrected chi connectivity index (χ2v) is 2.18. The highest BCUT2D eigenvalue weighted by Crippen LogP contribution is 1.97. The molecule has 0 amide bonds. The van der Waals surface area contributed by atoms with Gasteiger partial charge < -0.3 is 5.11 Å². The highest BCUT2D eigenvalue weighted by Gasteiger charge is 1.92. The fraction of sp³-hybridized carbons (Fsp3) is 0.500. The zero-order valence-corrected chi connectivity index (χ0v) is 6.60. The summed E-state index contributed by atoms with van der Waals surface area (Å²) in [6, 6.07) is 0. The molecule has 1 N–H and O–H groups in total.